The van der Waals surface area contributed by atoms with Crippen LogP contribution in [-0.4, -0.2) is 23.0 Å². The van der Waals surface area contributed by atoms with Gasteiger partial charge in [-0.15, -0.1) is 0 Å². The predicted molar refractivity (Wildman–Crippen MR) is 82.2 cm³/mol. The zero-order valence-electron chi connectivity index (χ0n) is 12.8. The maximum absolute atomic E-state index is 12.8. The topological polar surface area (TPSA) is 32.3 Å². The molecule has 1 saturated heterocycles. The van der Waals surface area contributed by atoms with Gasteiger partial charge < -0.3 is 4.90 Å². The molecule has 2 rings (SSSR count). The second-order valence-corrected chi connectivity index (χ2v) is 5.53. The quantitative estimate of drug-likeness (QED) is 0.861. The third-order valence-corrected chi connectivity index (χ3v) is 4.20. The van der Waals surface area contributed by atoms with Crippen LogP contribution in [-0.2, 0) is 4.79 Å². The first-order valence-electron chi connectivity index (χ1n) is 7.86. The highest BCUT2D eigenvalue weighted by Gasteiger charge is 2.41. The monoisotopic (exact) mass is 274 g/mol. The maximum atomic E-state index is 12.8. The molecule has 1 aliphatic heterocycles. The first kappa shape index (κ1) is 15.0. The summed E-state index contributed by atoms with van der Waals surface area (Å²) in [6, 6.07) is 10.2. The van der Waals surface area contributed by atoms with Gasteiger partial charge in [0.1, 0.15) is 6.04 Å². The van der Waals surface area contributed by atoms with Gasteiger partial charge in [0, 0.05) is 6.04 Å². The second-order valence-electron chi connectivity index (χ2n) is 5.53. The minimum Gasteiger partial charge on any atom is -0.323 e. The fourth-order valence-electron chi connectivity index (χ4n) is 3.15. The van der Waals surface area contributed by atoms with E-state index in [0.29, 0.717) is 6.04 Å². The number of hydrogen-bond acceptors (Lipinski definition) is 2. The molecule has 3 unspecified atom stereocenters. The van der Waals surface area contributed by atoms with Crippen molar-refractivity contribution in [3.05, 3.63) is 35.9 Å². The van der Waals surface area contributed by atoms with Crippen LogP contribution < -0.4 is 5.32 Å². The molecule has 0 saturated carbocycles. The number of amides is 1. The highest BCUT2D eigenvalue weighted by atomic mass is 16.2. The standard InChI is InChI=1S/C17H26N2O/c1-4-10-14(5-2)19-15(6-3)18-16(17(19)20)13-11-8-7-9-12-13/h7-9,11-12,14-16,18H,4-6,10H2,1-3H3. The van der Waals surface area contributed by atoms with E-state index in [4.69, 9.17) is 0 Å². The van der Waals surface area contributed by atoms with Crippen LogP contribution in [0.3, 0.4) is 0 Å². The molecule has 1 N–H and O–H groups in total. The summed E-state index contributed by atoms with van der Waals surface area (Å²) in [5.74, 6) is 0.239. The summed E-state index contributed by atoms with van der Waals surface area (Å²) in [7, 11) is 0. The summed E-state index contributed by atoms with van der Waals surface area (Å²) >= 11 is 0. The molecule has 3 atom stereocenters. The van der Waals surface area contributed by atoms with Gasteiger partial charge in [0.05, 0.1) is 6.17 Å². The van der Waals surface area contributed by atoms with E-state index in [1.165, 1.54) is 0 Å². The van der Waals surface area contributed by atoms with Crippen molar-refractivity contribution in [2.24, 2.45) is 0 Å². The van der Waals surface area contributed by atoms with Gasteiger partial charge in [0.25, 0.3) is 0 Å². The molecule has 0 radical (unpaired) electrons. The summed E-state index contributed by atoms with van der Waals surface area (Å²) in [6.45, 7) is 6.51. The summed E-state index contributed by atoms with van der Waals surface area (Å²) in [5, 5.41) is 3.51. The summed E-state index contributed by atoms with van der Waals surface area (Å²) in [5.41, 5.74) is 1.07. The third-order valence-electron chi connectivity index (χ3n) is 4.20. The molecule has 0 bridgehead atoms. The fourth-order valence-corrected chi connectivity index (χ4v) is 3.15. The van der Waals surface area contributed by atoms with Crippen molar-refractivity contribution in [1.82, 2.24) is 10.2 Å². The van der Waals surface area contributed by atoms with Crippen LogP contribution >= 0.6 is 0 Å². The SMILES string of the molecule is CCCC(CC)N1C(=O)C(c2ccccc2)NC1CC. The molecule has 1 aliphatic rings. The lowest BCUT2D eigenvalue weighted by Gasteiger charge is -2.31. The Labute approximate surface area is 122 Å². The van der Waals surface area contributed by atoms with E-state index in [1.807, 2.05) is 30.3 Å². The molecule has 110 valence electrons. The van der Waals surface area contributed by atoms with E-state index in [9.17, 15) is 4.79 Å². The number of nitrogens with zero attached hydrogens (tertiary/aromatic N) is 1. The van der Waals surface area contributed by atoms with E-state index in [2.05, 4.69) is 31.0 Å². The van der Waals surface area contributed by atoms with Crippen LogP contribution in [0.2, 0.25) is 0 Å². The second kappa shape index (κ2) is 6.89. The van der Waals surface area contributed by atoms with Crippen molar-refractivity contribution in [2.45, 2.75) is 64.7 Å². The van der Waals surface area contributed by atoms with Gasteiger partial charge in [0.2, 0.25) is 5.91 Å². The van der Waals surface area contributed by atoms with Crippen LogP contribution in [0.15, 0.2) is 30.3 Å². The van der Waals surface area contributed by atoms with E-state index in [0.717, 1.165) is 31.2 Å². The van der Waals surface area contributed by atoms with E-state index < -0.39 is 0 Å². The molecule has 1 heterocycles. The molecule has 20 heavy (non-hydrogen) atoms. The van der Waals surface area contributed by atoms with E-state index in [-0.39, 0.29) is 18.1 Å². The van der Waals surface area contributed by atoms with Crippen molar-refractivity contribution >= 4 is 5.91 Å². The first-order valence-corrected chi connectivity index (χ1v) is 7.86. The van der Waals surface area contributed by atoms with Gasteiger partial charge in [0.15, 0.2) is 0 Å². The fraction of sp³-hybridized carbons (Fsp3) is 0.588. The average Bonchev–Trinajstić information content (AvgIpc) is 2.82. The number of benzene rings is 1. The molecule has 1 amide bonds. The highest BCUT2D eigenvalue weighted by Crippen LogP contribution is 2.29. The zero-order valence-corrected chi connectivity index (χ0v) is 12.8. The van der Waals surface area contributed by atoms with E-state index >= 15 is 0 Å². The van der Waals surface area contributed by atoms with Crippen molar-refractivity contribution in [3.63, 3.8) is 0 Å². The number of carbonyl (C=O) groups excluding carboxylic acids is 1. The predicted octanol–water partition coefficient (Wildman–Crippen LogP) is 3.47. The van der Waals surface area contributed by atoms with Gasteiger partial charge in [-0.3, -0.25) is 10.1 Å². The molecule has 1 aromatic rings. The van der Waals surface area contributed by atoms with Crippen molar-refractivity contribution in [2.75, 3.05) is 0 Å². The molecule has 0 aliphatic carbocycles. The van der Waals surface area contributed by atoms with Gasteiger partial charge in [-0.1, -0.05) is 57.5 Å². The molecule has 0 aromatic heterocycles. The van der Waals surface area contributed by atoms with Gasteiger partial charge in [-0.25, -0.2) is 0 Å². The Bertz CT molecular complexity index is 432. The summed E-state index contributed by atoms with van der Waals surface area (Å²) in [4.78, 5) is 14.9. The molecular weight excluding hydrogens is 248 g/mol. The van der Waals surface area contributed by atoms with Gasteiger partial charge >= 0.3 is 0 Å². The summed E-state index contributed by atoms with van der Waals surface area (Å²) < 4.78 is 0. The first-order chi connectivity index (χ1) is 9.72. The zero-order chi connectivity index (χ0) is 14.5. The molecule has 1 fully saturated rings. The normalized spacial score (nSPS) is 24.1. The van der Waals surface area contributed by atoms with Crippen molar-refractivity contribution in [1.29, 1.82) is 0 Å². The number of rotatable bonds is 6. The lowest BCUT2D eigenvalue weighted by Crippen LogP contribution is -2.44. The Morgan fingerprint density at radius 1 is 1.20 bits per heavy atom. The Morgan fingerprint density at radius 2 is 1.90 bits per heavy atom. The Balaban J connectivity index is 2.23. The van der Waals surface area contributed by atoms with Gasteiger partial charge in [-0.2, -0.15) is 0 Å². The number of hydrogen-bond donors (Lipinski definition) is 1. The van der Waals surface area contributed by atoms with Crippen LogP contribution in [0, 0.1) is 0 Å². The van der Waals surface area contributed by atoms with Crippen molar-refractivity contribution in [3.8, 4) is 0 Å². The van der Waals surface area contributed by atoms with Crippen LogP contribution in [0.5, 0.6) is 0 Å². The lowest BCUT2D eigenvalue weighted by atomic mass is 10.0. The van der Waals surface area contributed by atoms with Crippen LogP contribution in [0.4, 0.5) is 0 Å². The average molecular weight is 274 g/mol. The minimum absolute atomic E-state index is 0.171. The summed E-state index contributed by atoms with van der Waals surface area (Å²) in [6.07, 6.45) is 4.36. The molecule has 3 heteroatoms. The Hall–Kier alpha value is -1.35. The third kappa shape index (κ3) is 2.88. The molecular formula is C17H26N2O. The minimum atomic E-state index is -0.174. The molecule has 3 nitrogen and oxygen atoms in total. The lowest BCUT2D eigenvalue weighted by molar-refractivity contribution is -0.132. The molecule has 0 spiro atoms. The largest absolute Gasteiger partial charge is 0.323 e. The number of nitrogens with one attached hydrogen (secondary N) is 1. The Kier molecular flexibility index (Phi) is 5.18. The van der Waals surface area contributed by atoms with Crippen LogP contribution in [0.1, 0.15) is 58.1 Å². The van der Waals surface area contributed by atoms with Crippen molar-refractivity contribution < 1.29 is 4.79 Å². The van der Waals surface area contributed by atoms with Gasteiger partial charge in [-0.05, 0) is 24.8 Å². The number of carbonyl (C=O) groups is 1. The molecule has 1 aromatic carbocycles. The van der Waals surface area contributed by atoms with Crippen LogP contribution in [0.25, 0.3) is 0 Å². The highest BCUT2D eigenvalue weighted by molar-refractivity contribution is 5.86. The van der Waals surface area contributed by atoms with E-state index in [1.54, 1.807) is 0 Å². The maximum Gasteiger partial charge on any atom is 0.245 e. The Morgan fingerprint density at radius 3 is 2.45 bits per heavy atom. The smallest absolute Gasteiger partial charge is 0.245 e.